The molecule has 9 nitrogen and oxygen atoms in total. The van der Waals surface area contributed by atoms with Gasteiger partial charge in [-0.25, -0.2) is 8.42 Å². The molecule has 2 N–H and O–H groups in total. The molecule has 0 bridgehead atoms. The Kier molecular flexibility index (Phi) is 8.15. The van der Waals surface area contributed by atoms with E-state index in [4.69, 9.17) is 10.5 Å². The number of hydrogen-bond acceptors (Lipinski definition) is 7. The van der Waals surface area contributed by atoms with Crippen molar-refractivity contribution in [1.82, 2.24) is 4.31 Å². The molecule has 1 saturated carbocycles. The van der Waals surface area contributed by atoms with Crippen LogP contribution in [0.3, 0.4) is 0 Å². The average Bonchev–Trinajstić information content (AvgIpc) is 3.27. The first kappa shape index (κ1) is 23.8. The Balaban J connectivity index is 1.74. The van der Waals surface area contributed by atoms with E-state index < -0.39 is 21.0 Å². The minimum absolute atomic E-state index is 0.0568. The van der Waals surface area contributed by atoms with Crippen molar-refractivity contribution < 1.29 is 22.9 Å². The summed E-state index contributed by atoms with van der Waals surface area (Å²) in [6.07, 6.45) is 7.46. The maximum Gasteiger partial charge on any atom is 0.269 e. The smallest absolute Gasteiger partial charge is 0.269 e. The van der Waals surface area contributed by atoms with Crippen LogP contribution in [0.25, 0.3) is 0 Å². The fourth-order valence-corrected chi connectivity index (χ4v) is 5.79. The van der Waals surface area contributed by atoms with Crippen molar-refractivity contribution in [1.29, 1.82) is 0 Å². The molecule has 1 saturated heterocycles. The van der Waals surface area contributed by atoms with Crippen LogP contribution in [0.4, 0.5) is 5.69 Å². The molecule has 2 unspecified atom stereocenters. The summed E-state index contributed by atoms with van der Waals surface area (Å²) in [6, 6.07) is 3.98. The molecular weight excluding hydrogens is 422 g/mol. The summed E-state index contributed by atoms with van der Waals surface area (Å²) in [7, 11) is -4.04. The second kappa shape index (κ2) is 10.6. The number of nitrogens with zero attached hydrogens (tertiary/aromatic N) is 2. The first-order valence-electron chi connectivity index (χ1n) is 10.9. The third-order valence-corrected chi connectivity index (χ3v) is 8.00. The molecule has 2 fully saturated rings. The lowest BCUT2D eigenvalue weighted by Gasteiger charge is -2.27. The molecular formula is C21H31N3O6S. The summed E-state index contributed by atoms with van der Waals surface area (Å²) in [5.41, 5.74) is 5.96. The molecule has 3 rings (SSSR count). The van der Waals surface area contributed by atoms with Gasteiger partial charge in [0, 0.05) is 25.3 Å². The fraction of sp³-hybridized carbons (Fsp3) is 0.667. The molecule has 172 valence electrons. The maximum atomic E-state index is 13.3. The Labute approximate surface area is 183 Å². The highest BCUT2D eigenvalue weighted by atomic mass is 32.2. The van der Waals surface area contributed by atoms with Gasteiger partial charge < -0.3 is 10.5 Å². The van der Waals surface area contributed by atoms with Gasteiger partial charge in [0.2, 0.25) is 10.0 Å². The first-order chi connectivity index (χ1) is 14.8. The van der Waals surface area contributed by atoms with Gasteiger partial charge in [0.25, 0.3) is 5.69 Å². The summed E-state index contributed by atoms with van der Waals surface area (Å²) in [5, 5.41) is 10.9. The molecule has 1 aromatic rings. The molecule has 0 aromatic heterocycles. The van der Waals surface area contributed by atoms with Crippen molar-refractivity contribution in [2.75, 3.05) is 19.7 Å². The summed E-state index contributed by atoms with van der Waals surface area (Å²) in [5.74, 6) is 0.0969. The molecule has 0 spiro atoms. The lowest BCUT2D eigenvalue weighted by molar-refractivity contribution is -0.384. The number of Topliss-reactive ketones (excluding diaryl/α,β-unsaturated/α-hetero) is 1. The second-order valence-corrected chi connectivity index (χ2v) is 10.4. The predicted octanol–water partition coefficient (Wildman–Crippen LogP) is 2.63. The number of nitro groups is 1. The van der Waals surface area contributed by atoms with Crippen LogP contribution in [0, 0.1) is 16.0 Å². The van der Waals surface area contributed by atoms with E-state index >= 15 is 0 Å². The molecule has 10 heteroatoms. The number of hydrogen-bond donors (Lipinski definition) is 1. The van der Waals surface area contributed by atoms with Crippen LogP contribution < -0.4 is 5.73 Å². The van der Waals surface area contributed by atoms with E-state index in [0.29, 0.717) is 25.4 Å². The van der Waals surface area contributed by atoms with E-state index in [1.807, 2.05) is 0 Å². The minimum atomic E-state index is -4.04. The summed E-state index contributed by atoms with van der Waals surface area (Å²) >= 11 is 0. The fourth-order valence-electron chi connectivity index (χ4n) is 4.36. The topological polar surface area (TPSA) is 133 Å². The highest BCUT2D eigenvalue weighted by molar-refractivity contribution is 7.89. The first-order valence-corrected chi connectivity index (χ1v) is 12.4. The van der Waals surface area contributed by atoms with Gasteiger partial charge in [-0.05, 0) is 37.3 Å². The number of rotatable bonds is 10. The van der Waals surface area contributed by atoms with Gasteiger partial charge >= 0.3 is 0 Å². The maximum absolute atomic E-state index is 13.3. The van der Waals surface area contributed by atoms with Gasteiger partial charge in [-0.3, -0.25) is 14.9 Å². The summed E-state index contributed by atoms with van der Waals surface area (Å²) in [6.45, 7) is 0.291. The zero-order valence-corrected chi connectivity index (χ0v) is 18.5. The number of nitro benzene ring substituents is 1. The number of ketones is 1. The zero-order chi connectivity index (χ0) is 22.4. The molecule has 2 atom stereocenters. The number of benzene rings is 1. The monoisotopic (exact) mass is 453 g/mol. The van der Waals surface area contributed by atoms with Crippen molar-refractivity contribution in [3.8, 4) is 0 Å². The standard InChI is InChI=1S/C21H31N3O6S/c22-20(13-16-5-2-1-3-6-16)21(25)15-23(14-18-7-4-12-30-18)31(28,29)19-10-8-17(9-11-19)24(26)27/h8-11,16,18,20H,1-7,12-15,22H2. The van der Waals surface area contributed by atoms with Gasteiger partial charge in [0.05, 0.1) is 28.5 Å². The highest BCUT2D eigenvalue weighted by Crippen LogP contribution is 2.28. The van der Waals surface area contributed by atoms with E-state index in [0.717, 1.165) is 48.5 Å². The lowest BCUT2D eigenvalue weighted by atomic mass is 9.84. The van der Waals surface area contributed by atoms with Gasteiger partial charge in [-0.15, -0.1) is 0 Å². The van der Waals surface area contributed by atoms with Crippen LogP contribution in [0.1, 0.15) is 51.4 Å². The van der Waals surface area contributed by atoms with Gasteiger partial charge in [0.15, 0.2) is 5.78 Å². The Morgan fingerprint density at radius 2 is 1.84 bits per heavy atom. The lowest BCUT2D eigenvalue weighted by Crippen LogP contribution is -2.45. The quantitative estimate of drug-likeness (QED) is 0.425. The number of non-ortho nitro benzene ring substituents is 1. The molecule has 1 heterocycles. The van der Waals surface area contributed by atoms with E-state index in [2.05, 4.69) is 0 Å². The van der Waals surface area contributed by atoms with Crippen LogP contribution in [0.15, 0.2) is 29.2 Å². The molecule has 1 aromatic carbocycles. The van der Waals surface area contributed by atoms with E-state index in [1.54, 1.807) is 0 Å². The van der Waals surface area contributed by atoms with Gasteiger partial charge in [0.1, 0.15) is 0 Å². The van der Waals surface area contributed by atoms with Crippen molar-refractivity contribution in [3.05, 3.63) is 34.4 Å². The number of sulfonamides is 1. The number of ether oxygens (including phenoxy) is 1. The van der Waals surface area contributed by atoms with Gasteiger partial charge in [-0.1, -0.05) is 32.1 Å². The number of carbonyl (C=O) groups excluding carboxylic acids is 1. The Morgan fingerprint density at radius 3 is 2.42 bits per heavy atom. The van der Waals surface area contributed by atoms with Crippen LogP contribution in [0.5, 0.6) is 0 Å². The normalized spacial score (nSPS) is 21.3. The van der Waals surface area contributed by atoms with Crippen LogP contribution in [0.2, 0.25) is 0 Å². The molecule has 0 amide bonds. The van der Waals surface area contributed by atoms with E-state index in [1.165, 1.54) is 18.6 Å². The van der Waals surface area contributed by atoms with E-state index in [-0.39, 0.29) is 35.6 Å². The van der Waals surface area contributed by atoms with Crippen LogP contribution in [-0.2, 0) is 19.6 Å². The Morgan fingerprint density at radius 1 is 1.16 bits per heavy atom. The van der Waals surface area contributed by atoms with Gasteiger partial charge in [-0.2, -0.15) is 4.31 Å². The zero-order valence-electron chi connectivity index (χ0n) is 17.6. The van der Waals surface area contributed by atoms with Crippen molar-refractivity contribution in [2.24, 2.45) is 11.7 Å². The Hall–Kier alpha value is -1.88. The van der Waals surface area contributed by atoms with Crippen molar-refractivity contribution >= 4 is 21.5 Å². The largest absolute Gasteiger partial charge is 0.377 e. The third-order valence-electron chi connectivity index (χ3n) is 6.17. The van der Waals surface area contributed by atoms with Crippen molar-refractivity contribution in [2.45, 2.75) is 68.4 Å². The number of carbonyl (C=O) groups is 1. The van der Waals surface area contributed by atoms with Crippen LogP contribution >= 0.6 is 0 Å². The second-order valence-electron chi connectivity index (χ2n) is 8.50. The highest BCUT2D eigenvalue weighted by Gasteiger charge is 2.33. The third kappa shape index (κ3) is 6.31. The predicted molar refractivity (Wildman–Crippen MR) is 115 cm³/mol. The molecule has 31 heavy (non-hydrogen) atoms. The molecule has 2 aliphatic rings. The van der Waals surface area contributed by atoms with Crippen molar-refractivity contribution in [3.63, 3.8) is 0 Å². The summed E-state index contributed by atoms with van der Waals surface area (Å²) in [4.78, 5) is 23.1. The summed E-state index contributed by atoms with van der Waals surface area (Å²) < 4.78 is 33.2. The SMILES string of the molecule is NC(CC1CCCCC1)C(=O)CN(CC1CCCO1)S(=O)(=O)c1ccc([N+](=O)[O-])cc1. The Bertz CT molecular complexity index is 862. The molecule has 1 aliphatic heterocycles. The van der Waals surface area contributed by atoms with E-state index in [9.17, 15) is 23.3 Å². The molecule has 0 radical (unpaired) electrons. The van der Waals surface area contributed by atoms with Crippen LogP contribution in [-0.4, -0.2) is 55.3 Å². The average molecular weight is 454 g/mol. The molecule has 1 aliphatic carbocycles. The number of nitrogens with two attached hydrogens (primary N) is 1. The minimum Gasteiger partial charge on any atom is -0.377 e.